The lowest BCUT2D eigenvalue weighted by Crippen LogP contribution is -2.13. The molecule has 0 heterocycles. The van der Waals surface area contributed by atoms with Crippen molar-refractivity contribution in [3.8, 4) is 0 Å². The number of aryl methyl sites for hydroxylation is 1. The van der Waals surface area contributed by atoms with Crippen molar-refractivity contribution >= 4 is 23.2 Å². The molecule has 0 saturated heterocycles. The summed E-state index contributed by atoms with van der Waals surface area (Å²) in [5, 5.41) is 11.0. The van der Waals surface area contributed by atoms with Crippen LogP contribution in [0.2, 0.25) is 10.0 Å². The van der Waals surface area contributed by atoms with Crippen molar-refractivity contribution in [3.63, 3.8) is 0 Å². The highest BCUT2D eigenvalue weighted by molar-refractivity contribution is 6.33. The average Bonchev–Trinajstić information content (AvgIpc) is 2.42. The van der Waals surface area contributed by atoms with Gasteiger partial charge in [0, 0.05) is 16.7 Å². The minimum absolute atomic E-state index is 0.136. The summed E-state index contributed by atoms with van der Waals surface area (Å²) in [6, 6.07) is 13.8. The Morgan fingerprint density at radius 2 is 1.85 bits per heavy atom. The van der Waals surface area contributed by atoms with E-state index in [-0.39, 0.29) is 12.5 Å². The fourth-order valence-electron chi connectivity index (χ4n) is 2.38. The highest BCUT2D eigenvalue weighted by Gasteiger charge is 2.12. The molecule has 0 radical (unpaired) electrons. The number of aliphatic hydroxyl groups excluding tert-OH is 1. The standard InChI is InChI=1S/C17H18Cl2O/c1-12-3-2-4-13(7-12)8-14(11-20)9-15-10-16(18)5-6-17(15)19/h2-7,10,14,20H,8-9,11H2,1H3. The van der Waals surface area contributed by atoms with Gasteiger partial charge in [0.2, 0.25) is 0 Å². The molecule has 0 aliphatic carbocycles. The summed E-state index contributed by atoms with van der Waals surface area (Å²) in [6.45, 7) is 2.21. The first-order chi connectivity index (χ1) is 9.58. The lowest BCUT2D eigenvalue weighted by molar-refractivity contribution is 0.225. The first kappa shape index (κ1) is 15.4. The molecule has 0 fully saturated rings. The molecule has 2 rings (SSSR count). The maximum absolute atomic E-state index is 9.60. The molecular weight excluding hydrogens is 291 g/mol. The lowest BCUT2D eigenvalue weighted by Gasteiger charge is -2.16. The van der Waals surface area contributed by atoms with Gasteiger partial charge in [-0.3, -0.25) is 0 Å². The molecule has 106 valence electrons. The Morgan fingerprint density at radius 3 is 2.55 bits per heavy atom. The van der Waals surface area contributed by atoms with Crippen LogP contribution in [0.15, 0.2) is 42.5 Å². The Kier molecular flexibility index (Phi) is 5.47. The molecule has 0 amide bonds. The van der Waals surface area contributed by atoms with Gasteiger partial charge < -0.3 is 5.11 Å². The normalized spacial score (nSPS) is 12.4. The largest absolute Gasteiger partial charge is 0.396 e. The molecule has 20 heavy (non-hydrogen) atoms. The monoisotopic (exact) mass is 308 g/mol. The van der Waals surface area contributed by atoms with Gasteiger partial charge in [-0.05, 0) is 55.0 Å². The van der Waals surface area contributed by atoms with Crippen molar-refractivity contribution in [2.45, 2.75) is 19.8 Å². The van der Waals surface area contributed by atoms with E-state index < -0.39 is 0 Å². The van der Waals surface area contributed by atoms with Crippen LogP contribution in [0.4, 0.5) is 0 Å². The molecule has 0 aliphatic heterocycles. The van der Waals surface area contributed by atoms with Crippen LogP contribution in [0, 0.1) is 12.8 Å². The summed E-state index contributed by atoms with van der Waals surface area (Å²) in [5.41, 5.74) is 3.47. The van der Waals surface area contributed by atoms with E-state index in [4.69, 9.17) is 23.2 Å². The van der Waals surface area contributed by atoms with Crippen molar-refractivity contribution in [2.75, 3.05) is 6.61 Å². The fraction of sp³-hybridized carbons (Fsp3) is 0.294. The van der Waals surface area contributed by atoms with Crippen LogP contribution in [0.25, 0.3) is 0 Å². The highest BCUT2D eigenvalue weighted by Crippen LogP contribution is 2.24. The second kappa shape index (κ2) is 7.12. The first-order valence-corrected chi connectivity index (χ1v) is 7.44. The van der Waals surface area contributed by atoms with Gasteiger partial charge in [0.15, 0.2) is 0 Å². The SMILES string of the molecule is Cc1cccc(CC(CO)Cc2cc(Cl)ccc2Cl)c1. The molecular formula is C17H18Cl2O. The first-order valence-electron chi connectivity index (χ1n) is 6.69. The third kappa shape index (κ3) is 4.24. The molecule has 0 bridgehead atoms. The van der Waals surface area contributed by atoms with E-state index in [0.29, 0.717) is 10.0 Å². The molecule has 2 aromatic rings. The Morgan fingerprint density at radius 1 is 1.05 bits per heavy atom. The summed E-state index contributed by atoms with van der Waals surface area (Å²) in [5.74, 6) is 0.146. The maximum Gasteiger partial charge on any atom is 0.0465 e. The van der Waals surface area contributed by atoms with Crippen LogP contribution >= 0.6 is 23.2 Å². The minimum Gasteiger partial charge on any atom is -0.396 e. The predicted molar refractivity (Wildman–Crippen MR) is 85.6 cm³/mol. The van der Waals surface area contributed by atoms with E-state index in [9.17, 15) is 5.11 Å². The van der Waals surface area contributed by atoms with Crippen LogP contribution in [-0.4, -0.2) is 11.7 Å². The van der Waals surface area contributed by atoms with E-state index in [1.807, 2.05) is 12.1 Å². The number of rotatable bonds is 5. The zero-order valence-electron chi connectivity index (χ0n) is 11.4. The molecule has 1 unspecified atom stereocenters. The van der Waals surface area contributed by atoms with Crippen LogP contribution in [0.1, 0.15) is 16.7 Å². The van der Waals surface area contributed by atoms with Gasteiger partial charge in [-0.1, -0.05) is 53.0 Å². The van der Waals surface area contributed by atoms with Crippen molar-refractivity contribution in [1.29, 1.82) is 0 Å². The quantitative estimate of drug-likeness (QED) is 0.849. The van der Waals surface area contributed by atoms with Gasteiger partial charge in [0.1, 0.15) is 0 Å². The predicted octanol–water partition coefficient (Wildman–Crippen LogP) is 4.70. The molecule has 2 aromatic carbocycles. The minimum atomic E-state index is 0.136. The number of hydrogen-bond donors (Lipinski definition) is 1. The van der Waals surface area contributed by atoms with Gasteiger partial charge in [-0.15, -0.1) is 0 Å². The molecule has 3 heteroatoms. The average molecular weight is 309 g/mol. The Hall–Kier alpha value is -1.02. The van der Waals surface area contributed by atoms with E-state index in [0.717, 1.165) is 18.4 Å². The summed E-state index contributed by atoms with van der Waals surface area (Å²) in [7, 11) is 0. The van der Waals surface area contributed by atoms with Crippen molar-refractivity contribution < 1.29 is 5.11 Å². The number of benzene rings is 2. The molecule has 0 aromatic heterocycles. The summed E-state index contributed by atoms with van der Waals surface area (Å²) >= 11 is 12.2. The summed E-state index contributed by atoms with van der Waals surface area (Å²) < 4.78 is 0. The third-order valence-corrected chi connectivity index (χ3v) is 3.99. The summed E-state index contributed by atoms with van der Waals surface area (Å²) in [4.78, 5) is 0. The summed E-state index contributed by atoms with van der Waals surface area (Å²) in [6.07, 6.45) is 1.56. The van der Waals surface area contributed by atoms with E-state index in [2.05, 4.69) is 25.1 Å². The van der Waals surface area contributed by atoms with Gasteiger partial charge in [-0.2, -0.15) is 0 Å². The van der Waals surface area contributed by atoms with Crippen LogP contribution in [-0.2, 0) is 12.8 Å². The van der Waals surface area contributed by atoms with Crippen LogP contribution < -0.4 is 0 Å². The number of hydrogen-bond acceptors (Lipinski definition) is 1. The number of halogens is 2. The maximum atomic E-state index is 9.60. The van der Waals surface area contributed by atoms with E-state index >= 15 is 0 Å². The lowest BCUT2D eigenvalue weighted by atomic mass is 9.92. The second-order valence-corrected chi connectivity index (χ2v) is 6.03. The molecule has 1 N–H and O–H groups in total. The molecule has 1 atom stereocenters. The molecule has 1 nitrogen and oxygen atoms in total. The van der Waals surface area contributed by atoms with Crippen LogP contribution in [0.3, 0.4) is 0 Å². The van der Waals surface area contributed by atoms with Gasteiger partial charge in [-0.25, -0.2) is 0 Å². The number of aliphatic hydroxyl groups is 1. The van der Waals surface area contributed by atoms with Gasteiger partial charge in [0.05, 0.1) is 0 Å². The van der Waals surface area contributed by atoms with E-state index in [1.165, 1.54) is 11.1 Å². The fourth-order valence-corrected chi connectivity index (χ4v) is 2.77. The Bertz CT molecular complexity index is 581. The zero-order chi connectivity index (χ0) is 14.5. The van der Waals surface area contributed by atoms with Crippen molar-refractivity contribution in [3.05, 3.63) is 69.2 Å². The van der Waals surface area contributed by atoms with Gasteiger partial charge >= 0.3 is 0 Å². The smallest absolute Gasteiger partial charge is 0.0465 e. The van der Waals surface area contributed by atoms with Crippen molar-refractivity contribution in [2.24, 2.45) is 5.92 Å². The highest BCUT2D eigenvalue weighted by atomic mass is 35.5. The Balaban J connectivity index is 2.11. The van der Waals surface area contributed by atoms with Gasteiger partial charge in [0.25, 0.3) is 0 Å². The Labute approximate surface area is 130 Å². The second-order valence-electron chi connectivity index (χ2n) is 5.18. The molecule has 0 saturated carbocycles. The van der Waals surface area contributed by atoms with E-state index in [1.54, 1.807) is 12.1 Å². The molecule has 0 aliphatic rings. The third-order valence-electron chi connectivity index (χ3n) is 3.38. The zero-order valence-corrected chi connectivity index (χ0v) is 13.0. The van der Waals surface area contributed by atoms with Crippen molar-refractivity contribution in [1.82, 2.24) is 0 Å². The molecule has 0 spiro atoms. The topological polar surface area (TPSA) is 20.2 Å². The van der Waals surface area contributed by atoms with Crippen LogP contribution in [0.5, 0.6) is 0 Å².